The molecule has 3 N–H and O–H groups in total. The number of ether oxygens (including phenoxy) is 1. The Morgan fingerprint density at radius 3 is 2.42 bits per heavy atom. The number of benzene rings is 1. The molecule has 0 radical (unpaired) electrons. The molecule has 0 unspecified atom stereocenters. The first-order chi connectivity index (χ1) is 11.7. The van der Waals surface area contributed by atoms with Crippen molar-refractivity contribution in [1.29, 1.82) is 0 Å². The highest BCUT2D eigenvalue weighted by Gasteiger charge is 2.21. The van der Waals surface area contributed by atoms with Crippen LogP contribution in [0.1, 0.15) is 26.3 Å². The van der Waals surface area contributed by atoms with E-state index in [1.54, 1.807) is 13.8 Å². The average molecular weight is 498 g/mol. The van der Waals surface area contributed by atoms with E-state index in [-0.39, 0.29) is 24.0 Å². The minimum absolute atomic E-state index is 0. The lowest BCUT2D eigenvalue weighted by atomic mass is 10.1. The molecule has 0 spiro atoms. The molecule has 1 aromatic carbocycles. The van der Waals surface area contributed by atoms with Crippen LogP contribution in [0.2, 0.25) is 0 Å². The van der Waals surface area contributed by atoms with Crippen LogP contribution in [0.4, 0.5) is 0 Å². The van der Waals surface area contributed by atoms with Gasteiger partial charge in [0.1, 0.15) is 0 Å². The van der Waals surface area contributed by atoms with Crippen molar-refractivity contribution in [3.05, 3.63) is 35.9 Å². The molecule has 7 nitrogen and oxygen atoms in total. The van der Waals surface area contributed by atoms with Gasteiger partial charge < -0.3 is 15.4 Å². The predicted octanol–water partition coefficient (Wildman–Crippen LogP) is 1.70. The number of nitrogens with one attached hydrogen (secondary N) is 3. The number of hydrogen-bond donors (Lipinski definition) is 3. The maximum absolute atomic E-state index is 11.4. The maximum atomic E-state index is 11.4. The smallest absolute Gasteiger partial charge is 0.209 e. The second kappa shape index (κ2) is 12.5. The molecule has 0 aliphatic heterocycles. The fraction of sp³-hybridized carbons (Fsp3) is 0.588. The normalized spacial score (nSPS) is 12.4. The maximum Gasteiger partial charge on any atom is 0.209 e. The van der Waals surface area contributed by atoms with Gasteiger partial charge in [-0.25, -0.2) is 13.1 Å². The largest absolute Gasteiger partial charge is 0.375 e. The molecule has 0 aliphatic rings. The van der Waals surface area contributed by atoms with Crippen LogP contribution >= 0.6 is 24.0 Å². The number of halogens is 1. The summed E-state index contributed by atoms with van der Waals surface area (Å²) < 4.78 is 30.9. The molecule has 0 bridgehead atoms. The number of aliphatic imine (C=N–C) groups is 1. The topological polar surface area (TPSA) is 91.8 Å². The summed E-state index contributed by atoms with van der Waals surface area (Å²) in [5.74, 6) is 0.634. The van der Waals surface area contributed by atoms with Gasteiger partial charge in [0.15, 0.2) is 5.96 Å². The van der Waals surface area contributed by atoms with Crippen molar-refractivity contribution in [3.8, 4) is 0 Å². The summed E-state index contributed by atoms with van der Waals surface area (Å²) in [6, 6.07) is 9.99. The summed E-state index contributed by atoms with van der Waals surface area (Å²) in [6.07, 6.45) is 1.14. The van der Waals surface area contributed by atoms with Gasteiger partial charge in [0, 0.05) is 18.6 Å². The predicted molar refractivity (Wildman–Crippen MR) is 118 cm³/mol. The zero-order valence-electron chi connectivity index (χ0n) is 15.9. The van der Waals surface area contributed by atoms with Crippen LogP contribution < -0.4 is 15.4 Å². The molecule has 0 amide bonds. The van der Waals surface area contributed by atoms with Crippen molar-refractivity contribution >= 4 is 40.0 Å². The van der Waals surface area contributed by atoms with E-state index in [9.17, 15) is 8.42 Å². The standard InChI is InChI=1S/C17H30N4O3S.HI/c1-5-18-16(20-14-17(2,3)21-25(4,22)23)19-11-12-24-13-15-9-7-6-8-10-15;/h6-10,21H,5,11-14H2,1-4H3,(H2,18,19,20);1H. The SMILES string of the molecule is CCNC(=NCC(C)(C)NS(C)(=O)=O)NCCOCc1ccccc1.I. The van der Waals surface area contributed by atoms with E-state index in [0.717, 1.165) is 18.4 Å². The van der Waals surface area contributed by atoms with Crippen LogP contribution in [0.15, 0.2) is 35.3 Å². The minimum Gasteiger partial charge on any atom is -0.375 e. The van der Waals surface area contributed by atoms with Gasteiger partial charge in [-0.05, 0) is 26.3 Å². The molecule has 9 heteroatoms. The van der Waals surface area contributed by atoms with Gasteiger partial charge in [0.25, 0.3) is 0 Å². The first kappa shape index (κ1) is 25.1. The lowest BCUT2D eigenvalue weighted by Crippen LogP contribution is -2.47. The molecule has 26 heavy (non-hydrogen) atoms. The highest BCUT2D eigenvalue weighted by Crippen LogP contribution is 2.04. The van der Waals surface area contributed by atoms with Crippen LogP contribution in [-0.4, -0.2) is 52.4 Å². The van der Waals surface area contributed by atoms with Gasteiger partial charge in [-0.2, -0.15) is 0 Å². The highest BCUT2D eigenvalue weighted by molar-refractivity contribution is 14.0. The van der Waals surface area contributed by atoms with E-state index in [1.165, 1.54) is 0 Å². The summed E-state index contributed by atoms with van der Waals surface area (Å²) >= 11 is 0. The Morgan fingerprint density at radius 1 is 1.19 bits per heavy atom. The lowest BCUT2D eigenvalue weighted by molar-refractivity contribution is 0.125. The molecular formula is C17H31IN4O3S. The van der Waals surface area contributed by atoms with Crippen molar-refractivity contribution in [2.45, 2.75) is 32.9 Å². The molecule has 0 heterocycles. The van der Waals surface area contributed by atoms with Gasteiger partial charge in [0.2, 0.25) is 10.0 Å². The second-order valence-corrected chi connectivity index (χ2v) is 8.17. The molecule has 150 valence electrons. The van der Waals surface area contributed by atoms with Gasteiger partial charge in [-0.15, -0.1) is 24.0 Å². The summed E-state index contributed by atoms with van der Waals surface area (Å²) in [5, 5.41) is 6.31. The number of sulfonamides is 1. The third-order valence-corrected chi connectivity index (χ3v) is 4.01. The molecule has 1 aromatic rings. The van der Waals surface area contributed by atoms with Crippen molar-refractivity contribution in [2.75, 3.05) is 32.5 Å². The number of rotatable bonds is 10. The van der Waals surface area contributed by atoms with E-state index in [0.29, 0.717) is 32.3 Å². The lowest BCUT2D eigenvalue weighted by Gasteiger charge is -2.23. The van der Waals surface area contributed by atoms with Crippen molar-refractivity contribution in [2.24, 2.45) is 4.99 Å². The Kier molecular flexibility index (Phi) is 12.0. The Bertz CT molecular complexity index is 637. The van der Waals surface area contributed by atoms with Crippen LogP contribution in [0, 0.1) is 0 Å². The summed E-state index contributed by atoms with van der Waals surface area (Å²) in [5.41, 5.74) is 0.483. The number of hydrogen-bond acceptors (Lipinski definition) is 4. The summed E-state index contributed by atoms with van der Waals surface area (Å²) in [7, 11) is -3.27. The second-order valence-electron chi connectivity index (χ2n) is 6.42. The van der Waals surface area contributed by atoms with Crippen LogP contribution in [0.25, 0.3) is 0 Å². The Balaban J connectivity index is 0.00000625. The summed E-state index contributed by atoms with van der Waals surface area (Å²) in [6.45, 7) is 8.33. The summed E-state index contributed by atoms with van der Waals surface area (Å²) in [4.78, 5) is 4.44. The van der Waals surface area contributed by atoms with Crippen molar-refractivity contribution in [1.82, 2.24) is 15.4 Å². The molecule has 0 fully saturated rings. The molecule has 0 saturated heterocycles. The quantitative estimate of drug-likeness (QED) is 0.198. The average Bonchev–Trinajstić information content (AvgIpc) is 2.51. The first-order valence-corrected chi connectivity index (χ1v) is 10.2. The van der Waals surface area contributed by atoms with E-state index < -0.39 is 15.6 Å². The number of nitrogens with zero attached hydrogens (tertiary/aromatic N) is 1. The Morgan fingerprint density at radius 2 is 1.85 bits per heavy atom. The third-order valence-electron chi connectivity index (χ3n) is 3.09. The Labute approximate surface area is 174 Å². The monoisotopic (exact) mass is 498 g/mol. The van der Waals surface area contributed by atoms with E-state index in [2.05, 4.69) is 20.3 Å². The van der Waals surface area contributed by atoms with Gasteiger partial charge >= 0.3 is 0 Å². The number of guanidine groups is 1. The van der Waals surface area contributed by atoms with Crippen LogP contribution in [-0.2, 0) is 21.4 Å². The molecule has 1 rings (SSSR count). The van der Waals surface area contributed by atoms with Gasteiger partial charge in [-0.1, -0.05) is 30.3 Å². The molecule has 0 saturated carbocycles. The van der Waals surface area contributed by atoms with E-state index in [1.807, 2.05) is 37.3 Å². The van der Waals surface area contributed by atoms with Crippen molar-refractivity contribution < 1.29 is 13.2 Å². The van der Waals surface area contributed by atoms with Gasteiger partial charge in [-0.3, -0.25) is 4.99 Å². The van der Waals surface area contributed by atoms with Gasteiger partial charge in [0.05, 0.1) is 26.0 Å². The zero-order valence-corrected chi connectivity index (χ0v) is 19.1. The molecule has 0 atom stereocenters. The van der Waals surface area contributed by atoms with Crippen LogP contribution in [0.5, 0.6) is 0 Å². The minimum atomic E-state index is -3.27. The molecular weight excluding hydrogens is 467 g/mol. The third kappa shape index (κ3) is 12.4. The van der Waals surface area contributed by atoms with E-state index in [4.69, 9.17) is 4.74 Å². The molecule has 0 aromatic heterocycles. The van der Waals surface area contributed by atoms with Crippen molar-refractivity contribution in [3.63, 3.8) is 0 Å². The highest BCUT2D eigenvalue weighted by atomic mass is 127. The van der Waals surface area contributed by atoms with Crippen LogP contribution in [0.3, 0.4) is 0 Å². The van der Waals surface area contributed by atoms with E-state index >= 15 is 0 Å². The Hall–Kier alpha value is -0.910. The zero-order chi connectivity index (χ0) is 18.8. The first-order valence-electron chi connectivity index (χ1n) is 8.34. The molecule has 0 aliphatic carbocycles. The fourth-order valence-electron chi connectivity index (χ4n) is 2.16. The fourth-order valence-corrected chi connectivity index (χ4v) is 3.23.